The Bertz CT molecular complexity index is 1370. The molecule has 0 radical (unpaired) electrons. The Kier molecular flexibility index (Phi) is 11.5. The summed E-state index contributed by atoms with van der Waals surface area (Å²) in [4.78, 5) is 0. The fourth-order valence-corrected chi connectivity index (χ4v) is 8.59. The molecule has 2 aromatic carbocycles. The van der Waals surface area contributed by atoms with Crippen LogP contribution in [0.15, 0.2) is 36.4 Å². The van der Waals surface area contributed by atoms with E-state index in [0.29, 0.717) is 11.8 Å². The van der Waals surface area contributed by atoms with Crippen molar-refractivity contribution in [2.75, 3.05) is 27.3 Å². The zero-order chi connectivity index (χ0) is 33.4. The fraction of sp³-hybridized carbons (Fsp3) is 0.619. The van der Waals surface area contributed by atoms with E-state index in [2.05, 4.69) is 60.1 Å². The number of hydrogen-bond acceptors (Lipinski definition) is 6. The largest absolute Gasteiger partial charge is 0.493 e. The van der Waals surface area contributed by atoms with Gasteiger partial charge in [-0.15, -0.1) is 0 Å². The second-order valence-corrected chi connectivity index (χ2v) is 14.8. The first-order chi connectivity index (χ1) is 23.5. The summed E-state index contributed by atoms with van der Waals surface area (Å²) < 4.78 is 24.5. The number of hydrogen-bond donors (Lipinski definition) is 2. The first-order valence-electron chi connectivity index (χ1n) is 18.6. The zero-order valence-electron chi connectivity index (χ0n) is 29.3. The molecule has 4 fully saturated rings. The van der Waals surface area contributed by atoms with Crippen LogP contribution in [0.2, 0.25) is 0 Å². The van der Waals surface area contributed by atoms with E-state index >= 15 is 0 Å². The van der Waals surface area contributed by atoms with Gasteiger partial charge in [0.2, 0.25) is 0 Å². The highest BCUT2D eigenvalue weighted by Crippen LogP contribution is 2.46. The van der Waals surface area contributed by atoms with Gasteiger partial charge in [0, 0.05) is 0 Å². The highest BCUT2D eigenvalue weighted by molar-refractivity contribution is 5.51. The van der Waals surface area contributed by atoms with Crippen molar-refractivity contribution in [1.29, 1.82) is 0 Å². The maximum absolute atomic E-state index is 6.52. The lowest BCUT2D eigenvalue weighted by Crippen LogP contribution is -2.33. The fourth-order valence-electron chi connectivity index (χ4n) is 8.59. The predicted molar refractivity (Wildman–Crippen MR) is 193 cm³/mol. The van der Waals surface area contributed by atoms with Gasteiger partial charge in [-0.2, -0.15) is 0 Å². The summed E-state index contributed by atoms with van der Waals surface area (Å²) in [5.74, 6) is 18.6. The van der Waals surface area contributed by atoms with Crippen molar-refractivity contribution in [3.05, 3.63) is 47.5 Å². The lowest BCUT2D eigenvalue weighted by molar-refractivity contribution is 0.199. The molecule has 0 heterocycles. The molecule has 4 N–H and O–H groups in total. The van der Waals surface area contributed by atoms with Gasteiger partial charge in [-0.25, -0.2) is 0 Å². The number of rotatable bonds is 10. The molecule has 4 aliphatic rings. The molecule has 48 heavy (non-hydrogen) atoms. The van der Waals surface area contributed by atoms with Crippen LogP contribution in [0.25, 0.3) is 0 Å². The van der Waals surface area contributed by atoms with Gasteiger partial charge in [0.15, 0.2) is 23.0 Å². The maximum atomic E-state index is 6.52. The third-order valence-electron chi connectivity index (χ3n) is 11.9. The van der Waals surface area contributed by atoms with Gasteiger partial charge in [-0.1, -0.05) is 24.0 Å². The average Bonchev–Trinajstić information content (AvgIpc) is 3.85. The minimum absolute atomic E-state index is 0.252. The molecule has 6 nitrogen and oxygen atoms in total. The topological polar surface area (TPSA) is 89.0 Å². The Hall–Kier alpha value is -3.32. The third kappa shape index (κ3) is 7.77. The molecule has 0 saturated heterocycles. The molecular weight excluding hydrogens is 596 g/mol. The molecular formula is C42H56N2O4. The Morgan fingerprint density at radius 2 is 0.938 bits per heavy atom. The molecule has 0 spiro atoms. The van der Waals surface area contributed by atoms with E-state index in [1.165, 1.54) is 36.8 Å². The number of nitrogens with two attached hydrogens (primary N) is 2. The SMILES string of the molecule is COc1ccc(C2(C#CC#CC3(c4ccc(OC)c(OC5CCCC5)c4)CCC(CN)CC3)CCC(CN)CC2)cc1OC1CCCC1. The molecule has 6 rings (SSSR count). The Labute approximate surface area is 289 Å². The van der Waals surface area contributed by atoms with E-state index < -0.39 is 0 Å². The normalized spacial score (nSPS) is 27.8. The van der Waals surface area contributed by atoms with Crippen molar-refractivity contribution < 1.29 is 18.9 Å². The number of ether oxygens (including phenoxy) is 4. The van der Waals surface area contributed by atoms with E-state index in [4.69, 9.17) is 30.4 Å². The van der Waals surface area contributed by atoms with Gasteiger partial charge in [0.1, 0.15) is 0 Å². The van der Waals surface area contributed by atoms with Crippen molar-refractivity contribution in [1.82, 2.24) is 0 Å². The Balaban J connectivity index is 1.33. The van der Waals surface area contributed by atoms with Gasteiger partial charge < -0.3 is 30.4 Å². The van der Waals surface area contributed by atoms with Crippen molar-refractivity contribution in [3.8, 4) is 46.7 Å². The van der Waals surface area contributed by atoms with E-state index in [9.17, 15) is 0 Å². The van der Waals surface area contributed by atoms with Crippen LogP contribution in [0.1, 0.15) is 114 Å². The molecule has 4 saturated carbocycles. The number of benzene rings is 2. The van der Waals surface area contributed by atoms with Crippen LogP contribution in [-0.4, -0.2) is 39.5 Å². The summed E-state index contributed by atoms with van der Waals surface area (Å²) in [7, 11) is 3.44. The smallest absolute Gasteiger partial charge is 0.161 e. The second kappa shape index (κ2) is 15.9. The van der Waals surface area contributed by atoms with Gasteiger partial charge >= 0.3 is 0 Å². The summed E-state index contributed by atoms with van der Waals surface area (Å²) in [6, 6.07) is 12.9. The van der Waals surface area contributed by atoms with Crippen LogP contribution >= 0.6 is 0 Å². The monoisotopic (exact) mass is 652 g/mol. The first-order valence-corrected chi connectivity index (χ1v) is 18.6. The molecule has 0 aromatic heterocycles. The summed E-state index contributed by atoms with van der Waals surface area (Å²) in [6.45, 7) is 1.45. The molecule has 0 bridgehead atoms. The minimum Gasteiger partial charge on any atom is -0.493 e. The van der Waals surface area contributed by atoms with Crippen LogP contribution in [-0.2, 0) is 10.8 Å². The lowest BCUT2D eigenvalue weighted by atomic mass is 9.66. The van der Waals surface area contributed by atoms with Crippen LogP contribution in [0.5, 0.6) is 23.0 Å². The summed E-state index contributed by atoms with van der Waals surface area (Å²) in [6.07, 6.45) is 17.9. The third-order valence-corrected chi connectivity index (χ3v) is 11.9. The molecule has 0 atom stereocenters. The van der Waals surface area contributed by atoms with Crippen LogP contribution in [0.3, 0.4) is 0 Å². The molecule has 4 aliphatic carbocycles. The highest BCUT2D eigenvalue weighted by atomic mass is 16.5. The molecule has 0 amide bonds. The predicted octanol–water partition coefficient (Wildman–Crippen LogP) is 7.83. The Morgan fingerprint density at radius 1 is 0.562 bits per heavy atom. The van der Waals surface area contributed by atoms with Crippen LogP contribution in [0, 0.1) is 35.5 Å². The molecule has 6 heteroatoms. The Morgan fingerprint density at radius 3 is 1.27 bits per heavy atom. The van der Waals surface area contributed by atoms with Crippen LogP contribution in [0.4, 0.5) is 0 Å². The summed E-state index contributed by atoms with van der Waals surface area (Å²) >= 11 is 0. The van der Waals surface area contributed by atoms with E-state index in [0.717, 1.165) is 113 Å². The van der Waals surface area contributed by atoms with E-state index in [1.54, 1.807) is 14.2 Å². The summed E-state index contributed by atoms with van der Waals surface area (Å²) in [5.41, 5.74) is 14.1. The van der Waals surface area contributed by atoms with Crippen molar-refractivity contribution in [2.45, 2.75) is 126 Å². The molecule has 2 aromatic rings. The van der Waals surface area contributed by atoms with Crippen molar-refractivity contribution in [3.63, 3.8) is 0 Å². The van der Waals surface area contributed by atoms with Crippen molar-refractivity contribution >= 4 is 0 Å². The van der Waals surface area contributed by atoms with E-state index in [1.807, 2.05) is 0 Å². The maximum Gasteiger partial charge on any atom is 0.161 e. The molecule has 0 aliphatic heterocycles. The molecule has 258 valence electrons. The summed E-state index contributed by atoms with van der Waals surface area (Å²) in [5, 5.41) is 0. The number of methoxy groups -OCH3 is 2. The molecule has 0 unspecified atom stereocenters. The lowest BCUT2D eigenvalue weighted by Gasteiger charge is -2.37. The van der Waals surface area contributed by atoms with Gasteiger partial charge in [-0.3, -0.25) is 0 Å². The van der Waals surface area contributed by atoms with Gasteiger partial charge in [-0.05, 0) is 175 Å². The van der Waals surface area contributed by atoms with Crippen LogP contribution < -0.4 is 30.4 Å². The van der Waals surface area contributed by atoms with Gasteiger partial charge in [0.05, 0.1) is 37.3 Å². The second-order valence-electron chi connectivity index (χ2n) is 14.8. The first kappa shape index (κ1) is 34.5. The quantitative estimate of drug-likeness (QED) is 0.255. The minimum atomic E-state index is -0.298. The standard InChI is InChI=1S/C42H56N2O4/c1-45-37-15-13-33(27-39(37)47-35-9-3-4-10-35)41(23-17-31(29-43)18-24-41)21-7-8-22-42(25-19-32(30-44)20-26-42)34-14-16-38(46-2)40(28-34)48-36-11-5-6-12-36/h13-16,27-28,31-32,35-36H,3-6,9-12,17-20,23-26,29-30,43-44H2,1-2H3. The van der Waals surface area contributed by atoms with E-state index in [-0.39, 0.29) is 23.0 Å². The van der Waals surface area contributed by atoms with Gasteiger partial charge in [0.25, 0.3) is 0 Å². The van der Waals surface area contributed by atoms with Crippen molar-refractivity contribution in [2.24, 2.45) is 23.3 Å². The average molecular weight is 653 g/mol. The zero-order valence-corrected chi connectivity index (χ0v) is 29.3. The highest BCUT2D eigenvalue weighted by Gasteiger charge is 2.38.